The van der Waals surface area contributed by atoms with Crippen LogP contribution in [0.5, 0.6) is 0 Å². The predicted molar refractivity (Wildman–Crippen MR) is 73.6 cm³/mol. The summed E-state index contributed by atoms with van der Waals surface area (Å²) in [5.41, 5.74) is 1.14. The highest BCUT2D eigenvalue weighted by Crippen LogP contribution is 2.11. The molecule has 1 heterocycles. The van der Waals surface area contributed by atoms with Crippen LogP contribution in [0, 0.1) is 0 Å². The van der Waals surface area contributed by atoms with E-state index in [4.69, 9.17) is 0 Å². The third kappa shape index (κ3) is 4.33. The summed E-state index contributed by atoms with van der Waals surface area (Å²) in [5.74, 6) is 0.852. The first kappa shape index (κ1) is 14.4. The molecular weight excluding hydrogens is 228 g/mol. The van der Waals surface area contributed by atoms with Crippen LogP contribution < -0.4 is 15.5 Å². The molecule has 0 fully saturated rings. The van der Waals surface area contributed by atoms with Gasteiger partial charge in [0, 0.05) is 26.3 Å². The summed E-state index contributed by atoms with van der Waals surface area (Å²) in [6.07, 6.45) is 2.83. The molecule has 0 bridgehead atoms. The normalized spacial score (nSPS) is 10.2. The number of carbonyl (C=O) groups is 1. The first-order valence-electron chi connectivity index (χ1n) is 6.26. The number of hydrogen-bond acceptors (Lipinski definition) is 4. The first-order chi connectivity index (χ1) is 8.71. The van der Waals surface area contributed by atoms with Crippen LogP contribution in [-0.2, 0) is 11.3 Å². The van der Waals surface area contributed by atoms with Gasteiger partial charge in [0.25, 0.3) is 0 Å². The summed E-state index contributed by atoms with van der Waals surface area (Å²) in [6, 6.07) is 4.00. The van der Waals surface area contributed by atoms with E-state index < -0.39 is 0 Å². The molecule has 0 aliphatic rings. The van der Waals surface area contributed by atoms with Crippen molar-refractivity contribution in [3.8, 4) is 0 Å². The van der Waals surface area contributed by atoms with Crippen molar-refractivity contribution < 1.29 is 4.79 Å². The first-order valence-corrected chi connectivity index (χ1v) is 6.26. The largest absolute Gasteiger partial charge is 0.358 e. The van der Waals surface area contributed by atoms with Gasteiger partial charge in [-0.15, -0.1) is 0 Å². The van der Waals surface area contributed by atoms with Gasteiger partial charge in [-0.1, -0.05) is 13.0 Å². The zero-order valence-corrected chi connectivity index (χ0v) is 11.4. The quantitative estimate of drug-likeness (QED) is 0.750. The molecule has 0 spiro atoms. The second-order valence-electron chi connectivity index (χ2n) is 4.15. The molecule has 0 saturated heterocycles. The van der Waals surface area contributed by atoms with E-state index in [0.29, 0.717) is 6.54 Å². The van der Waals surface area contributed by atoms with Gasteiger partial charge >= 0.3 is 0 Å². The molecule has 0 saturated carbocycles. The summed E-state index contributed by atoms with van der Waals surface area (Å²) >= 11 is 0. The van der Waals surface area contributed by atoms with E-state index in [1.807, 2.05) is 30.3 Å². The Morgan fingerprint density at radius 1 is 1.39 bits per heavy atom. The molecule has 0 aliphatic carbocycles. The Hall–Kier alpha value is -1.62. The lowest BCUT2D eigenvalue weighted by atomic mass is 10.2. The summed E-state index contributed by atoms with van der Waals surface area (Å²) in [7, 11) is 3.55. The molecule has 1 rings (SSSR count). The van der Waals surface area contributed by atoms with Gasteiger partial charge in [0.05, 0.1) is 6.54 Å². The average Bonchev–Trinajstić information content (AvgIpc) is 2.39. The van der Waals surface area contributed by atoms with E-state index in [9.17, 15) is 4.79 Å². The lowest BCUT2D eigenvalue weighted by molar-refractivity contribution is -0.119. The van der Waals surface area contributed by atoms with E-state index in [0.717, 1.165) is 30.9 Å². The maximum absolute atomic E-state index is 11.4. The Kier molecular flexibility index (Phi) is 6.14. The molecule has 1 aromatic heterocycles. The fourth-order valence-corrected chi connectivity index (χ4v) is 1.71. The Morgan fingerprint density at radius 3 is 2.67 bits per heavy atom. The highest BCUT2D eigenvalue weighted by molar-refractivity contribution is 5.80. The number of nitrogens with one attached hydrogen (secondary N) is 2. The van der Waals surface area contributed by atoms with Crippen LogP contribution >= 0.6 is 0 Å². The third-order valence-corrected chi connectivity index (χ3v) is 2.62. The molecule has 0 aromatic carbocycles. The van der Waals surface area contributed by atoms with Crippen molar-refractivity contribution in [3.63, 3.8) is 0 Å². The zero-order chi connectivity index (χ0) is 13.4. The molecule has 1 aromatic rings. The monoisotopic (exact) mass is 250 g/mol. The Morgan fingerprint density at radius 2 is 2.17 bits per heavy atom. The van der Waals surface area contributed by atoms with Crippen LogP contribution in [0.15, 0.2) is 18.3 Å². The lowest BCUT2D eigenvalue weighted by Crippen LogP contribution is -2.36. The highest BCUT2D eigenvalue weighted by Gasteiger charge is 2.10. The minimum atomic E-state index is 0.00421. The highest BCUT2D eigenvalue weighted by atomic mass is 16.1. The molecule has 1 amide bonds. The van der Waals surface area contributed by atoms with Crippen LogP contribution in [0.2, 0.25) is 0 Å². The number of nitrogens with zero attached hydrogens (tertiary/aromatic N) is 2. The fourth-order valence-electron chi connectivity index (χ4n) is 1.71. The van der Waals surface area contributed by atoms with Gasteiger partial charge in [-0.05, 0) is 25.1 Å². The summed E-state index contributed by atoms with van der Waals surface area (Å²) in [5, 5.41) is 5.72. The number of pyridine rings is 1. The van der Waals surface area contributed by atoms with Gasteiger partial charge in [0.1, 0.15) is 5.82 Å². The van der Waals surface area contributed by atoms with Gasteiger partial charge in [-0.2, -0.15) is 0 Å². The molecule has 0 unspecified atom stereocenters. The van der Waals surface area contributed by atoms with Crippen LogP contribution in [0.3, 0.4) is 0 Å². The number of carbonyl (C=O) groups excluding carboxylic acids is 1. The number of aromatic nitrogens is 1. The van der Waals surface area contributed by atoms with Gasteiger partial charge in [0.15, 0.2) is 0 Å². The minimum Gasteiger partial charge on any atom is -0.358 e. The van der Waals surface area contributed by atoms with Crippen molar-refractivity contribution in [2.75, 3.05) is 32.1 Å². The molecular formula is C13H22N4O. The van der Waals surface area contributed by atoms with Crippen molar-refractivity contribution in [2.24, 2.45) is 0 Å². The molecule has 2 N–H and O–H groups in total. The van der Waals surface area contributed by atoms with Gasteiger partial charge < -0.3 is 15.5 Å². The maximum atomic E-state index is 11.4. The molecule has 0 aliphatic heterocycles. The van der Waals surface area contributed by atoms with Crippen LogP contribution in [0.25, 0.3) is 0 Å². The van der Waals surface area contributed by atoms with E-state index in [1.165, 1.54) is 0 Å². The summed E-state index contributed by atoms with van der Waals surface area (Å²) in [4.78, 5) is 17.8. The second-order valence-corrected chi connectivity index (χ2v) is 4.15. The fraction of sp³-hybridized carbons (Fsp3) is 0.538. The summed E-state index contributed by atoms with van der Waals surface area (Å²) in [6.45, 7) is 4.07. The van der Waals surface area contributed by atoms with Crippen molar-refractivity contribution in [3.05, 3.63) is 23.9 Å². The van der Waals surface area contributed by atoms with Crippen LogP contribution in [0.1, 0.15) is 18.9 Å². The van der Waals surface area contributed by atoms with E-state index in [1.54, 1.807) is 7.05 Å². The summed E-state index contributed by atoms with van der Waals surface area (Å²) < 4.78 is 0. The van der Waals surface area contributed by atoms with Gasteiger partial charge in [0.2, 0.25) is 5.91 Å². The van der Waals surface area contributed by atoms with Gasteiger partial charge in [-0.3, -0.25) is 4.79 Å². The Bertz CT molecular complexity index is 364. The average molecular weight is 250 g/mol. The maximum Gasteiger partial charge on any atom is 0.239 e. The third-order valence-electron chi connectivity index (χ3n) is 2.62. The van der Waals surface area contributed by atoms with E-state index in [-0.39, 0.29) is 5.91 Å². The predicted octanol–water partition coefficient (Wildman–Crippen LogP) is 0.763. The number of rotatable bonds is 7. The van der Waals surface area contributed by atoms with Crippen molar-refractivity contribution in [1.82, 2.24) is 15.6 Å². The van der Waals surface area contributed by atoms with Crippen LogP contribution in [-0.4, -0.2) is 38.1 Å². The van der Waals surface area contributed by atoms with E-state index in [2.05, 4.69) is 22.5 Å². The number of amides is 1. The topological polar surface area (TPSA) is 57.3 Å². The number of likely N-dealkylation sites (N-methyl/N-ethyl adjacent to an activating group) is 1. The molecule has 18 heavy (non-hydrogen) atoms. The molecule has 0 radical (unpaired) electrons. The SMILES string of the molecule is CCCN(CC(=O)NC)c1ccc(CNC)cn1. The van der Waals surface area contributed by atoms with Crippen molar-refractivity contribution >= 4 is 11.7 Å². The zero-order valence-electron chi connectivity index (χ0n) is 11.4. The molecule has 5 nitrogen and oxygen atoms in total. The molecule has 0 atom stereocenters. The Labute approximate surface area is 109 Å². The molecule has 100 valence electrons. The van der Waals surface area contributed by atoms with E-state index >= 15 is 0 Å². The molecule has 5 heteroatoms. The van der Waals surface area contributed by atoms with Crippen LogP contribution in [0.4, 0.5) is 5.82 Å². The lowest BCUT2D eigenvalue weighted by Gasteiger charge is -2.22. The van der Waals surface area contributed by atoms with Crippen molar-refractivity contribution in [1.29, 1.82) is 0 Å². The standard InChI is InChI=1S/C13H22N4O/c1-4-7-17(10-13(18)15-3)12-6-5-11(8-14-2)9-16-12/h5-6,9,14H,4,7-8,10H2,1-3H3,(H,15,18). The second kappa shape index (κ2) is 7.66. The number of hydrogen-bond donors (Lipinski definition) is 2. The van der Waals surface area contributed by atoms with Crippen molar-refractivity contribution in [2.45, 2.75) is 19.9 Å². The van der Waals surface area contributed by atoms with Gasteiger partial charge in [-0.25, -0.2) is 4.98 Å². The Balaban J connectivity index is 2.75. The minimum absolute atomic E-state index is 0.00421. The number of anilines is 1. The smallest absolute Gasteiger partial charge is 0.239 e.